The molecule has 0 radical (unpaired) electrons. The molecule has 2 heterocycles. The molecular weight excluding hydrogens is 360 g/mol. The highest BCUT2D eigenvalue weighted by Gasteiger charge is 2.36. The maximum Gasteiger partial charge on any atom is 0.338 e. The number of hydrogen-bond acceptors (Lipinski definition) is 5. The third-order valence-electron chi connectivity index (χ3n) is 5.78. The average Bonchev–Trinajstić information content (AvgIpc) is 3.01. The number of ether oxygens (including phenoxy) is 3. The SMILES string of the molecule is CC1=C(C(=O)OC2CCCCCC2)[C@H](c2ccc3c(c2)OCO3)NC(=O)N1C. The Kier molecular flexibility index (Phi) is 5.15. The van der Waals surface area contributed by atoms with Crippen molar-refractivity contribution in [1.29, 1.82) is 0 Å². The van der Waals surface area contributed by atoms with Gasteiger partial charge in [0.15, 0.2) is 11.5 Å². The van der Waals surface area contributed by atoms with Crippen LogP contribution in [0.3, 0.4) is 0 Å². The second kappa shape index (κ2) is 7.73. The number of nitrogens with one attached hydrogen (secondary N) is 1. The third kappa shape index (κ3) is 3.53. The zero-order valence-electron chi connectivity index (χ0n) is 16.3. The molecule has 0 unspecified atom stereocenters. The molecule has 0 saturated heterocycles. The maximum absolute atomic E-state index is 13.1. The first-order chi connectivity index (χ1) is 13.5. The number of esters is 1. The summed E-state index contributed by atoms with van der Waals surface area (Å²) in [6.45, 7) is 1.95. The van der Waals surface area contributed by atoms with Crippen LogP contribution in [0.2, 0.25) is 0 Å². The quantitative estimate of drug-likeness (QED) is 0.634. The van der Waals surface area contributed by atoms with Gasteiger partial charge in [-0.3, -0.25) is 0 Å². The Labute approximate surface area is 164 Å². The molecule has 0 aromatic heterocycles. The normalized spacial score (nSPS) is 22.7. The molecule has 1 N–H and O–H groups in total. The fourth-order valence-corrected chi connectivity index (χ4v) is 4.02. The molecule has 1 atom stereocenters. The molecule has 28 heavy (non-hydrogen) atoms. The summed E-state index contributed by atoms with van der Waals surface area (Å²) >= 11 is 0. The first-order valence-electron chi connectivity index (χ1n) is 9.90. The van der Waals surface area contributed by atoms with E-state index in [0.717, 1.165) is 31.2 Å². The van der Waals surface area contributed by atoms with E-state index in [9.17, 15) is 9.59 Å². The third-order valence-corrected chi connectivity index (χ3v) is 5.78. The summed E-state index contributed by atoms with van der Waals surface area (Å²) in [4.78, 5) is 27.0. The zero-order chi connectivity index (χ0) is 19.7. The number of urea groups is 1. The first-order valence-corrected chi connectivity index (χ1v) is 9.90. The Morgan fingerprint density at radius 3 is 2.61 bits per heavy atom. The van der Waals surface area contributed by atoms with Crippen LogP contribution in [-0.4, -0.2) is 36.8 Å². The van der Waals surface area contributed by atoms with Crippen LogP contribution in [0.15, 0.2) is 29.5 Å². The second-order valence-electron chi connectivity index (χ2n) is 7.57. The largest absolute Gasteiger partial charge is 0.459 e. The lowest BCUT2D eigenvalue weighted by atomic mass is 9.94. The van der Waals surface area contributed by atoms with Crippen molar-refractivity contribution in [3.8, 4) is 11.5 Å². The lowest BCUT2D eigenvalue weighted by Crippen LogP contribution is -2.46. The van der Waals surface area contributed by atoms with E-state index in [-0.39, 0.29) is 24.9 Å². The molecule has 1 aromatic carbocycles. The van der Waals surface area contributed by atoms with Crippen molar-refractivity contribution in [2.75, 3.05) is 13.8 Å². The molecule has 1 aromatic rings. The maximum atomic E-state index is 13.1. The minimum atomic E-state index is -0.587. The molecule has 1 saturated carbocycles. The Balaban J connectivity index is 1.64. The standard InChI is InChI=1S/C21H26N2O5/c1-13-18(20(24)28-15-7-5-3-4-6-8-15)19(22-21(25)23(13)2)14-9-10-16-17(11-14)27-12-26-16/h9-11,15,19H,3-8,12H2,1-2H3,(H,22,25)/t19-/m0/s1. The van der Waals surface area contributed by atoms with E-state index in [4.69, 9.17) is 14.2 Å². The monoisotopic (exact) mass is 386 g/mol. The molecule has 150 valence electrons. The van der Waals surface area contributed by atoms with Gasteiger partial charge in [0.2, 0.25) is 6.79 Å². The van der Waals surface area contributed by atoms with Crippen LogP contribution in [0.25, 0.3) is 0 Å². The van der Waals surface area contributed by atoms with Crippen molar-refractivity contribution < 1.29 is 23.8 Å². The van der Waals surface area contributed by atoms with Gasteiger partial charge < -0.3 is 24.4 Å². The van der Waals surface area contributed by atoms with E-state index < -0.39 is 6.04 Å². The first kappa shape index (κ1) is 18.7. The Hall–Kier alpha value is -2.70. The van der Waals surface area contributed by atoms with E-state index >= 15 is 0 Å². The molecular formula is C21H26N2O5. The van der Waals surface area contributed by atoms with Gasteiger partial charge in [0, 0.05) is 12.7 Å². The van der Waals surface area contributed by atoms with E-state index in [1.807, 2.05) is 12.1 Å². The molecule has 0 bridgehead atoms. The summed E-state index contributed by atoms with van der Waals surface area (Å²) in [6.07, 6.45) is 6.28. The Bertz CT molecular complexity index is 811. The molecule has 2 aliphatic heterocycles. The van der Waals surface area contributed by atoms with Gasteiger partial charge in [0.25, 0.3) is 0 Å². The van der Waals surface area contributed by atoms with Crippen molar-refractivity contribution in [3.05, 3.63) is 35.0 Å². The average molecular weight is 386 g/mol. The van der Waals surface area contributed by atoms with Crippen molar-refractivity contribution in [1.82, 2.24) is 10.2 Å². The number of carbonyl (C=O) groups is 2. The van der Waals surface area contributed by atoms with Gasteiger partial charge in [-0.15, -0.1) is 0 Å². The topological polar surface area (TPSA) is 77.1 Å². The smallest absolute Gasteiger partial charge is 0.338 e. The highest BCUT2D eigenvalue weighted by Crippen LogP contribution is 2.38. The number of amides is 2. The van der Waals surface area contributed by atoms with Gasteiger partial charge in [-0.25, -0.2) is 9.59 Å². The van der Waals surface area contributed by atoms with E-state index in [1.165, 1.54) is 17.7 Å². The number of nitrogens with zero attached hydrogens (tertiary/aromatic N) is 1. The summed E-state index contributed by atoms with van der Waals surface area (Å²) in [5.74, 6) is 0.907. The summed E-state index contributed by atoms with van der Waals surface area (Å²) in [7, 11) is 1.65. The van der Waals surface area contributed by atoms with Gasteiger partial charge in [-0.05, 0) is 50.3 Å². The van der Waals surface area contributed by atoms with Gasteiger partial charge in [-0.1, -0.05) is 18.9 Å². The minimum absolute atomic E-state index is 0.0596. The molecule has 0 spiro atoms. The highest BCUT2D eigenvalue weighted by atomic mass is 16.7. The predicted octanol–water partition coefficient (Wildman–Crippen LogP) is 3.65. The van der Waals surface area contributed by atoms with Gasteiger partial charge in [-0.2, -0.15) is 0 Å². The van der Waals surface area contributed by atoms with Crippen molar-refractivity contribution in [3.63, 3.8) is 0 Å². The summed E-state index contributed by atoms with van der Waals surface area (Å²) in [6, 6.07) is 4.61. The van der Waals surface area contributed by atoms with Gasteiger partial charge in [0.1, 0.15) is 6.10 Å². The van der Waals surface area contributed by atoms with Crippen LogP contribution in [0.4, 0.5) is 4.79 Å². The zero-order valence-corrected chi connectivity index (χ0v) is 16.3. The molecule has 2 amide bonds. The lowest BCUT2D eigenvalue weighted by Gasteiger charge is -2.33. The Morgan fingerprint density at radius 2 is 1.86 bits per heavy atom. The van der Waals surface area contributed by atoms with E-state index in [1.54, 1.807) is 20.0 Å². The fraction of sp³-hybridized carbons (Fsp3) is 0.524. The number of carbonyl (C=O) groups excluding carboxylic acids is 2. The number of rotatable bonds is 3. The molecule has 7 heteroatoms. The van der Waals surface area contributed by atoms with E-state index in [0.29, 0.717) is 22.8 Å². The van der Waals surface area contributed by atoms with Gasteiger partial charge >= 0.3 is 12.0 Å². The van der Waals surface area contributed by atoms with Crippen molar-refractivity contribution in [2.45, 2.75) is 57.6 Å². The summed E-state index contributed by atoms with van der Waals surface area (Å²) in [5.41, 5.74) is 1.83. The van der Waals surface area contributed by atoms with Crippen LogP contribution in [0.5, 0.6) is 11.5 Å². The summed E-state index contributed by atoms with van der Waals surface area (Å²) < 4.78 is 16.7. The number of fused-ring (bicyclic) bond motifs is 1. The molecule has 3 aliphatic rings. The fourth-order valence-electron chi connectivity index (χ4n) is 4.02. The second-order valence-corrected chi connectivity index (χ2v) is 7.57. The number of benzene rings is 1. The van der Waals surface area contributed by atoms with Crippen molar-refractivity contribution in [2.24, 2.45) is 0 Å². The molecule has 7 nitrogen and oxygen atoms in total. The van der Waals surface area contributed by atoms with Crippen molar-refractivity contribution >= 4 is 12.0 Å². The lowest BCUT2D eigenvalue weighted by molar-refractivity contribution is -0.145. The van der Waals surface area contributed by atoms with Crippen LogP contribution in [0.1, 0.15) is 57.1 Å². The number of hydrogen-bond donors (Lipinski definition) is 1. The highest BCUT2D eigenvalue weighted by molar-refractivity contribution is 5.95. The molecule has 1 fully saturated rings. The van der Waals surface area contributed by atoms with Gasteiger partial charge in [0.05, 0.1) is 11.6 Å². The van der Waals surface area contributed by atoms with Crippen LogP contribution in [0, 0.1) is 0 Å². The Morgan fingerprint density at radius 1 is 1.14 bits per heavy atom. The molecule has 4 rings (SSSR count). The summed E-state index contributed by atoms with van der Waals surface area (Å²) in [5, 5.41) is 2.92. The predicted molar refractivity (Wildman–Crippen MR) is 102 cm³/mol. The van der Waals surface area contributed by atoms with E-state index in [2.05, 4.69) is 5.32 Å². The number of allylic oxidation sites excluding steroid dienone is 1. The van der Waals surface area contributed by atoms with Crippen LogP contribution < -0.4 is 14.8 Å². The van der Waals surface area contributed by atoms with Crippen LogP contribution >= 0.6 is 0 Å². The molecule has 1 aliphatic carbocycles. The van der Waals surface area contributed by atoms with Crippen LogP contribution in [-0.2, 0) is 9.53 Å². The minimum Gasteiger partial charge on any atom is -0.459 e.